The molecule has 0 unspecified atom stereocenters. The molecule has 0 radical (unpaired) electrons. The Labute approximate surface area is 253 Å². The molecular weight excluding hydrogens is 617 g/mol. The van der Waals surface area contributed by atoms with Gasteiger partial charge in [0.25, 0.3) is 0 Å². The molecule has 0 saturated heterocycles. The lowest BCUT2D eigenvalue weighted by atomic mass is 9.77. The largest absolute Gasteiger partial charge is 0.341 e. The smallest absolute Gasteiger partial charge is 0.139 e. The van der Waals surface area contributed by atoms with Crippen LogP contribution in [0.5, 0.6) is 0 Å². The van der Waals surface area contributed by atoms with Crippen LogP contribution in [0.25, 0.3) is 11.1 Å². The Morgan fingerprint density at radius 2 is 1.24 bits per heavy atom. The number of halogens is 1. The van der Waals surface area contributed by atoms with Crippen LogP contribution in [0, 0.1) is 28.7 Å². The number of hydrogen-bond acceptors (Lipinski definition) is 3. The molecule has 0 aliphatic rings. The first-order valence-corrected chi connectivity index (χ1v) is 14.6. The van der Waals surface area contributed by atoms with E-state index in [1.807, 2.05) is 47.1 Å². The van der Waals surface area contributed by atoms with E-state index in [0.29, 0.717) is 12.1 Å². The van der Waals surface area contributed by atoms with Gasteiger partial charge >= 0.3 is 0 Å². The topological polar surface area (TPSA) is 59.4 Å². The molecule has 200 valence electrons. The maximum Gasteiger partial charge on any atom is 0.139 e. The number of nitriles is 1. The van der Waals surface area contributed by atoms with Gasteiger partial charge in [0, 0.05) is 20.5 Å². The van der Waals surface area contributed by atoms with Crippen LogP contribution >= 0.6 is 22.6 Å². The summed E-state index contributed by atoms with van der Waals surface area (Å²) in [7, 11) is 0. The van der Waals surface area contributed by atoms with Crippen molar-refractivity contribution in [1.82, 2.24) is 19.6 Å². The highest BCUT2D eigenvalue weighted by molar-refractivity contribution is 14.1. The van der Waals surface area contributed by atoms with E-state index in [-0.39, 0.29) is 0 Å². The highest BCUT2D eigenvalue weighted by Gasteiger charge is 2.39. The summed E-state index contributed by atoms with van der Waals surface area (Å²) in [6, 6.07) is 41.6. The van der Waals surface area contributed by atoms with Crippen molar-refractivity contribution in [1.29, 1.82) is 5.26 Å². The summed E-state index contributed by atoms with van der Waals surface area (Å²) in [5.74, 6) is 0. The van der Waals surface area contributed by atoms with Crippen molar-refractivity contribution in [3.8, 4) is 17.2 Å². The van der Waals surface area contributed by atoms with Crippen molar-refractivity contribution < 1.29 is 0 Å². The molecule has 0 spiro atoms. The maximum absolute atomic E-state index is 9.23. The van der Waals surface area contributed by atoms with Gasteiger partial charge in [0.05, 0.1) is 24.4 Å². The van der Waals surface area contributed by atoms with E-state index in [2.05, 4.69) is 126 Å². The van der Waals surface area contributed by atoms with Gasteiger partial charge in [-0.2, -0.15) is 5.26 Å². The standard InChI is InChI=1S/C35H28IN5/c1-25-33(28-20-18-27(22-37)19-21-28)34(36)26(2)40(25)23-32-24-41(39-38-32)35(29-12-6-3-7-13-29,30-14-8-4-9-15-30)31-16-10-5-11-17-31/h3-21,24H,23H2,1-2H3. The number of nitrogens with zero attached hydrogens (tertiary/aromatic N) is 5. The highest BCUT2D eigenvalue weighted by Crippen LogP contribution is 2.40. The van der Waals surface area contributed by atoms with E-state index in [1.165, 1.54) is 14.8 Å². The molecule has 6 rings (SSSR count). The third-order valence-electron chi connectivity index (χ3n) is 7.79. The highest BCUT2D eigenvalue weighted by atomic mass is 127. The molecule has 0 saturated carbocycles. The molecule has 2 aromatic heterocycles. The third kappa shape index (κ3) is 4.66. The Bertz CT molecular complexity index is 1730. The van der Waals surface area contributed by atoms with E-state index in [0.717, 1.165) is 33.6 Å². The lowest BCUT2D eigenvalue weighted by Gasteiger charge is -2.35. The van der Waals surface area contributed by atoms with Gasteiger partial charge in [0.15, 0.2) is 0 Å². The summed E-state index contributed by atoms with van der Waals surface area (Å²) in [6.45, 7) is 4.89. The molecule has 0 aliphatic heterocycles. The van der Waals surface area contributed by atoms with E-state index < -0.39 is 5.54 Å². The summed E-state index contributed by atoms with van der Waals surface area (Å²) in [5, 5.41) is 18.8. The van der Waals surface area contributed by atoms with Crippen LogP contribution in [0.1, 0.15) is 39.3 Å². The molecule has 0 fully saturated rings. The second-order valence-electron chi connectivity index (χ2n) is 10.1. The van der Waals surface area contributed by atoms with Crippen molar-refractivity contribution in [3.63, 3.8) is 0 Å². The second-order valence-corrected chi connectivity index (χ2v) is 11.2. The second kappa shape index (κ2) is 11.2. The van der Waals surface area contributed by atoms with Crippen molar-refractivity contribution in [2.45, 2.75) is 25.9 Å². The lowest BCUT2D eigenvalue weighted by Crippen LogP contribution is -2.38. The van der Waals surface area contributed by atoms with E-state index in [9.17, 15) is 5.26 Å². The minimum absolute atomic E-state index is 0.596. The fourth-order valence-electron chi connectivity index (χ4n) is 5.76. The molecule has 0 atom stereocenters. The van der Waals surface area contributed by atoms with Crippen molar-refractivity contribution in [2.24, 2.45) is 0 Å². The van der Waals surface area contributed by atoms with Gasteiger partial charge in [-0.25, -0.2) is 4.68 Å². The van der Waals surface area contributed by atoms with E-state index in [4.69, 9.17) is 10.3 Å². The fraction of sp³-hybridized carbons (Fsp3) is 0.114. The molecule has 0 amide bonds. The molecular formula is C35H28IN5. The van der Waals surface area contributed by atoms with Crippen LogP contribution in [0.15, 0.2) is 121 Å². The summed E-state index contributed by atoms with van der Waals surface area (Å²) in [6.07, 6.45) is 2.08. The van der Waals surface area contributed by atoms with Gasteiger partial charge in [-0.15, -0.1) is 5.10 Å². The zero-order valence-electron chi connectivity index (χ0n) is 22.9. The summed E-state index contributed by atoms with van der Waals surface area (Å²) >= 11 is 2.43. The monoisotopic (exact) mass is 645 g/mol. The van der Waals surface area contributed by atoms with Gasteiger partial charge in [0.2, 0.25) is 0 Å². The Hall–Kier alpha value is -4.48. The number of benzene rings is 4. The normalized spacial score (nSPS) is 11.4. The molecule has 0 bridgehead atoms. The number of aromatic nitrogens is 4. The minimum atomic E-state index is -0.697. The predicted octanol–water partition coefficient (Wildman–Crippen LogP) is 7.73. The van der Waals surface area contributed by atoms with Gasteiger partial charge in [-0.1, -0.05) is 108 Å². The summed E-state index contributed by atoms with van der Waals surface area (Å²) in [5.41, 5.74) is 8.80. The van der Waals surface area contributed by atoms with E-state index in [1.54, 1.807) is 0 Å². The Balaban J connectivity index is 1.47. The summed E-state index contributed by atoms with van der Waals surface area (Å²) in [4.78, 5) is 0. The van der Waals surface area contributed by atoms with Crippen molar-refractivity contribution in [3.05, 3.63) is 164 Å². The molecule has 4 aromatic carbocycles. The molecule has 6 aromatic rings. The molecule has 2 heterocycles. The quantitative estimate of drug-likeness (QED) is 0.132. The van der Waals surface area contributed by atoms with Crippen molar-refractivity contribution >= 4 is 22.6 Å². The Morgan fingerprint density at radius 1 is 0.732 bits per heavy atom. The van der Waals surface area contributed by atoms with Gasteiger partial charge < -0.3 is 4.57 Å². The molecule has 41 heavy (non-hydrogen) atoms. The van der Waals surface area contributed by atoms with Crippen molar-refractivity contribution in [2.75, 3.05) is 0 Å². The molecule has 0 aliphatic carbocycles. The SMILES string of the molecule is Cc1c(I)c(-c2ccc(C#N)cc2)c(C)n1Cc1cn(C(c2ccccc2)(c2ccccc2)c2ccccc2)nn1. The third-order valence-corrected chi connectivity index (χ3v) is 9.11. The van der Waals surface area contributed by atoms with Crippen LogP contribution < -0.4 is 0 Å². The van der Waals surface area contributed by atoms with Crippen LogP contribution in [-0.2, 0) is 12.1 Å². The first-order valence-electron chi connectivity index (χ1n) is 13.5. The number of rotatable bonds is 7. The summed E-state index contributed by atoms with van der Waals surface area (Å²) < 4.78 is 5.52. The molecule has 6 heteroatoms. The lowest BCUT2D eigenvalue weighted by molar-refractivity contribution is 0.446. The maximum atomic E-state index is 9.23. The zero-order valence-corrected chi connectivity index (χ0v) is 25.0. The first kappa shape index (κ1) is 26.7. The average Bonchev–Trinajstić information content (AvgIpc) is 3.58. The predicted molar refractivity (Wildman–Crippen MR) is 171 cm³/mol. The van der Waals surface area contributed by atoms with Crippen LogP contribution in [0.3, 0.4) is 0 Å². The van der Waals surface area contributed by atoms with Crippen LogP contribution in [0.4, 0.5) is 0 Å². The van der Waals surface area contributed by atoms with E-state index >= 15 is 0 Å². The first-order chi connectivity index (χ1) is 20.0. The van der Waals surface area contributed by atoms with Gasteiger partial charge in [-0.05, 0) is 70.8 Å². The van der Waals surface area contributed by atoms with Gasteiger partial charge in [0.1, 0.15) is 11.2 Å². The van der Waals surface area contributed by atoms with Crippen LogP contribution in [-0.4, -0.2) is 19.6 Å². The zero-order chi connectivity index (χ0) is 28.4. The molecule has 5 nitrogen and oxygen atoms in total. The Morgan fingerprint density at radius 3 is 1.73 bits per heavy atom. The number of hydrogen-bond donors (Lipinski definition) is 0. The van der Waals surface area contributed by atoms with Crippen LogP contribution in [0.2, 0.25) is 0 Å². The average molecular weight is 646 g/mol. The minimum Gasteiger partial charge on any atom is -0.341 e. The van der Waals surface area contributed by atoms with Gasteiger partial charge in [-0.3, -0.25) is 0 Å². The molecule has 0 N–H and O–H groups in total. The fourth-order valence-corrected chi connectivity index (χ4v) is 6.75. The Kier molecular flexibility index (Phi) is 7.29.